The first-order valence-electron chi connectivity index (χ1n) is 10.3. The maximum absolute atomic E-state index is 12.5. The van der Waals surface area contributed by atoms with Gasteiger partial charge in [-0.15, -0.1) is 0 Å². The van der Waals surface area contributed by atoms with Crippen LogP contribution in [0.1, 0.15) is 56.6 Å². The van der Waals surface area contributed by atoms with Gasteiger partial charge in [0.25, 0.3) is 0 Å². The maximum atomic E-state index is 12.5. The van der Waals surface area contributed by atoms with Crippen LogP contribution in [0, 0.1) is 11.8 Å². The van der Waals surface area contributed by atoms with Crippen molar-refractivity contribution in [3.8, 4) is 11.5 Å². The van der Waals surface area contributed by atoms with Crippen molar-refractivity contribution in [1.29, 1.82) is 0 Å². The smallest absolute Gasteiger partial charge is 0.307 e. The van der Waals surface area contributed by atoms with Gasteiger partial charge in [-0.2, -0.15) is 0 Å². The summed E-state index contributed by atoms with van der Waals surface area (Å²) in [6.07, 6.45) is 3.01. The van der Waals surface area contributed by atoms with Gasteiger partial charge in [-0.05, 0) is 54.2 Å². The summed E-state index contributed by atoms with van der Waals surface area (Å²) >= 11 is 0. The fourth-order valence-electron chi connectivity index (χ4n) is 3.79. The van der Waals surface area contributed by atoms with E-state index >= 15 is 0 Å². The lowest BCUT2D eigenvalue weighted by atomic mass is 9.78. The predicted octanol–water partition coefficient (Wildman–Crippen LogP) is 5.11. The van der Waals surface area contributed by atoms with Gasteiger partial charge in [0.05, 0.1) is 11.8 Å². The average Bonchev–Trinajstić information content (AvgIpc) is 2.73. The molecule has 5 nitrogen and oxygen atoms in total. The van der Waals surface area contributed by atoms with Gasteiger partial charge in [0.1, 0.15) is 11.5 Å². The molecule has 2 aromatic rings. The van der Waals surface area contributed by atoms with E-state index in [-0.39, 0.29) is 5.91 Å². The van der Waals surface area contributed by atoms with E-state index in [1.807, 2.05) is 36.4 Å². The summed E-state index contributed by atoms with van der Waals surface area (Å²) in [4.78, 5) is 23.9. The van der Waals surface area contributed by atoms with Crippen LogP contribution >= 0.6 is 0 Å². The number of carboxylic acid groups (broad SMARTS) is 1. The summed E-state index contributed by atoms with van der Waals surface area (Å²) in [6.45, 7) is 4.69. The number of carbonyl (C=O) groups excluding carboxylic acids is 1. The van der Waals surface area contributed by atoms with Gasteiger partial charge in [0.2, 0.25) is 5.91 Å². The first-order chi connectivity index (χ1) is 13.9. The van der Waals surface area contributed by atoms with E-state index < -0.39 is 17.8 Å². The molecule has 0 aliphatic heterocycles. The molecule has 5 heteroatoms. The molecule has 0 spiro atoms. The van der Waals surface area contributed by atoms with Crippen LogP contribution in [-0.2, 0) is 16.1 Å². The lowest BCUT2D eigenvalue weighted by Crippen LogP contribution is -2.39. The highest BCUT2D eigenvalue weighted by Crippen LogP contribution is 2.30. The Morgan fingerprint density at radius 3 is 2.07 bits per heavy atom. The van der Waals surface area contributed by atoms with Crippen LogP contribution in [0.15, 0.2) is 48.5 Å². The first-order valence-corrected chi connectivity index (χ1v) is 10.3. The van der Waals surface area contributed by atoms with Gasteiger partial charge >= 0.3 is 5.97 Å². The molecule has 1 saturated carbocycles. The third-order valence-corrected chi connectivity index (χ3v) is 5.59. The molecule has 0 radical (unpaired) electrons. The Balaban J connectivity index is 1.53. The van der Waals surface area contributed by atoms with E-state index in [9.17, 15) is 14.7 Å². The Morgan fingerprint density at radius 1 is 0.966 bits per heavy atom. The van der Waals surface area contributed by atoms with Gasteiger partial charge < -0.3 is 15.2 Å². The second-order valence-corrected chi connectivity index (χ2v) is 8.02. The van der Waals surface area contributed by atoms with Crippen molar-refractivity contribution >= 4 is 11.9 Å². The van der Waals surface area contributed by atoms with Crippen LogP contribution in [0.5, 0.6) is 11.5 Å². The molecule has 3 rings (SSSR count). The first kappa shape index (κ1) is 20.9. The lowest BCUT2D eigenvalue weighted by Gasteiger charge is -2.27. The van der Waals surface area contributed by atoms with E-state index in [2.05, 4.69) is 31.3 Å². The van der Waals surface area contributed by atoms with Crippen LogP contribution in [0.3, 0.4) is 0 Å². The van der Waals surface area contributed by atoms with Crippen LogP contribution in [0.4, 0.5) is 0 Å². The maximum Gasteiger partial charge on any atom is 0.307 e. The number of benzene rings is 2. The second-order valence-electron chi connectivity index (χ2n) is 8.02. The number of ether oxygens (including phenoxy) is 1. The zero-order chi connectivity index (χ0) is 20.8. The number of carboxylic acids is 1. The molecule has 2 aromatic carbocycles. The van der Waals surface area contributed by atoms with Crippen molar-refractivity contribution in [2.75, 3.05) is 0 Å². The Kier molecular flexibility index (Phi) is 6.91. The molecule has 0 bridgehead atoms. The zero-order valence-electron chi connectivity index (χ0n) is 17.1. The minimum absolute atomic E-state index is 0.164. The minimum atomic E-state index is -0.868. The fraction of sp³-hybridized carbons (Fsp3) is 0.417. The molecule has 29 heavy (non-hydrogen) atoms. The van der Waals surface area contributed by atoms with E-state index in [1.54, 1.807) is 0 Å². The van der Waals surface area contributed by atoms with Crippen molar-refractivity contribution in [2.45, 2.75) is 52.0 Å². The topological polar surface area (TPSA) is 75.6 Å². The van der Waals surface area contributed by atoms with Crippen LogP contribution in [-0.4, -0.2) is 17.0 Å². The highest BCUT2D eigenvalue weighted by atomic mass is 16.5. The lowest BCUT2D eigenvalue weighted by molar-refractivity contribution is -0.148. The quantitative estimate of drug-likeness (QED) is 0.683. The van der Waals surface area contributed by atoms with Crippen molar-refractivity contribution < 1.29 is 19.4 Å². The SMILES string of the molecule is CC(C)c1ccc(Oc2ccc(CNC(=O)C3CCCCC3C(=O)O)cc2)cc1. The summed E-state index contributed by atoms with van der Waals surface area (Å²) in [6, 6.07) is 15.6. The van der Waals surface area contributed by atoms with Crippen LogP contribution in [0.25, 0.3) is 0 Å². The van der Waals surface area contributed by atoms with Crippen molar-refractivity contribution in [3.05, 3.63) is 59.7 Å². The van der Waals surface area contributed by atoms with Gasteiger partial charge in [-0.1, -0.05) is 51.0 Å². The molecule has 0 aromatic heterocycles. The van der Waals surface area contributed by atoms with Gasteiger partial charge in [0.15, 0.2) is 0 Å². The molecule has 2 unspecified atom stereocenters. The number of aliphatic carboxylic acids is 1. The average molecular weight is 395 g/mol. The molecule has 0 saturated heterocycles. The summed E-state index contributed by atoms with van der Waals surface area (Å²) in [5.74, 6) is -0.0317. The largest absolute Gasteiger partial charge is 0.481 e. The summed E-state index contributed by atoms with van der Waals surface area (Å²) in [7, 11) is 0. The van der Waals surface area contributed by atoms with Crippen LogP contribution < -0.4 is 10.1 Å². The third kappa shape index (κ3) is 5.59. The number of hydrogen-bond donors (Lipinski definition) is 2. The number of hydrogen-bond acceptors (Lipinski definition) is 3. The monoisotopic (exact) mass is 395 g/mol. The van der Waals surface area contributed by atoms with Gasteiger partial charge in [-0.25, -0.2) is 0 Å². The highest BCUT2D eigenvalue weighted by molar-refractivity contribution is 5.84. The molecule has 2 N–H and O–H groups in total. The van der Waals surface area contributed by atoms with E-state index in [4.69, 9.17) is 4.74 Å². The second kappa shape index (κ2) is 9.59. The molecule has 1 fully saturated rings. The molecule has 1 aliphatic rings. The van der Waals surface area contributed by atoms with Crippen molar-refractivity contribution in [2.24, 2.45) is 11.8 Å². The third-order valence-electron chi connectivity index (χ3n) is 5.59. The summed E-state index contributed by atoms with van der Waals surface area (Å²) in [5, 5.41) is 12.2. The van der Waals surface area contributed by atoms with E-state index in [1.165, 1.54) is 5.56 Å². The Bertz CT molecular complexity index is 827. The van der Waals surface area contributed by atoms with Crippen molar-refractivity contribution in [1.82, 2.24) is 5.32 Å². The summed E-state index contributed by atoms with van der Waals surface area (Å²) in [5.41, 5.74) is 2.22. The molecular formula is C24H29NO4. The molecule has 0 heterocycles. The normalized spacial score (nSPS) is 19.0. The van der Waals surface area contributed by atoms with Gasteiger partial charge in [-0.3, -0.25) is 9.59 Å². The molecule has 1 aliphatic carbocycles. The number of rotatable bonds is 7. The number of nitrogens with one attached hydrogen (secondary N) is 1. The molecule has 154 valence electrons. The van der Waals surface area contributed by atoms with Crippen molar-refractivity contribution in [3.63, 3.8) is 0 Å². The molecular weight excluding hydrogens is 366 g/mol. The molecule has 2 atom stereocenters. The predicted molar refractivity (Wildman–Crippen MR) is 112 cm³/mol. The zero-order valence-corrected chi connectivity index (χ0v) is 17.1. The van der Waals surface area contributed by atoms with E-state index in [0.29, 0.717) is 25.3 Å². The Hall–Kier alpha value is -2.82. The van der Waals surface area contributed by atoms with Crippen LogP contribution in [0.2, 0.25) is 0 Å². The Morgan fingerprint density at radius 2 is 1.52 bits per heavy atom. The Labute approximate surface area is 172 Å². The fourth-order valence-corrected chi connectivity index (χ4v) is 3.79. The number of amides is 1. The van der Waals surface area contributed by atoms with Gasteiger partial charge in [0, 0.05) is 6.54 Å². The molecule has 1 amide bonds. The number of carbonyl (C=O) groups is 2. The highest BCUT2D eigenvalue weighted by Gasteiger charge is 2.35. The minimum Gasteiger partial charge on any atom is -0.481 e. The standard InChI is InChI=1S/C24H29NO4/c1-16(2)18-9-13-20(14-10-18)29-19-11-7-17(8-12-19)15-25-23(26)21-5-3-4-6-22(21)24(27)28/h7-14,16,21-22H,3-6,15H2,1-2H3,(H,25,26)(H,27,28). The summed E-state index contributed by atoms with van der Waals surface area (Å²) < 4.78 is 5.88. The van der Waals surface area contributed by atoms with E-state index in [0.717, 1.165) is 29.9 Å².